The quantitative estimate of drug-likeness (QED) is 0.0623. The van der Waals surface area contributed by atoms with Crippen LogP contribution in [0.15, 0.2) is 36.4 Å². The lowest BCUT2D eigenvalue weighted by molar-refractivity contribution is -0.117. The van der Waals surface area contributed by atoms with Crippen LogP contribution >= 0.6 is 0 Å². The molecule has 6 heteroatoms. The van der Waals surface area contributed by atoms with Gasteiger partial charge in [-0.2, -0.15) is 0 Å². The molecule has 0 fully saturated rings. The van der Waals surface area contributed by atoms with Crippen LogP contribution in [0.2, 0.25) is 0 Å². The van der Waals surface area contributed by atoms with Gasteiger partial charge >= 0.3 is 0 Å². The number of unbranched alkanes of at least 4 members (excludes halogenated alkanes) is 26. The van der Waals surface area contributed by atoms with Crippen molar-refractivity contribution in [3.8, 4) is 0 Å². The number of fused-ring (bicyclic) bond motifs is 2. The Morgan fingerprint density at radius 3 is 0.926 bits per heavy atom. The number of amides is 2. The number of carbonyl (C=O) groups excluding carboxylic acids is 4. The van der Waals surface area contributed by atoms with E-state index in [4.69, 9.17) is 0 Å². The molecular weight excluding hydrogens is 669 g/mol. The van der Waals surface area contributed by atoms with Crippen LogP contribution in [0.5, 0.6) is 0 Å². The van der Waals surface area contributed by atoms with Gasteiger partial charge in [-0.1, -0.05) is 205 Å². The Bertz CT molecular complexity index is 1300. The van der Waals surface area contributed by atoms with E-state index in [1.807, 2.05) is 0 Å². The SMILES string of the molecule is CCCCCCCCCCCCCCCCC(=O)Nc1ccc(NC(=O)CCCCCCCCCCCCCCCC)c2c1C(=O)c1ccccc1C2=O. The van der Waals surface area contributed by atoms with Gasteiger partial charge in [0.1, 0.15) is 0 Å². The fourth-order valence-electron chi connectivity index (χ4n) is 7.82. The normalized spacial score (nSPS) is 12.1. The molecule has 0 aliphatic heterocycles. The number of hydrogen-bond donors (Lipinski definition) is 2. The fraction of sp³-hybridized carbons (Fsp3) is 0.667. The van der Waals surface area contributed by atoms with Gasteiger partial charge in [0, 0.05) is 24.0 Å². The standard InChI is InChI=1S/C48H74N2O4/c1-3-5-7-9-11-13-15-17-19-21-23-25-27-29-35-43(51)49-41-37-38-42(46-45(41)47(53)39-33-31-32-34-40(39)48(46)54)50-44(52)36-30-28-26-24-22-20-18-16-14-12-10-8-6-4-2/h31-34,37-38H,3-30,35-36H2,1-2H3,(H,49,51)(H,50,52). The molecule has 300 valence electrons. The van der Waals surface area contributed by atoms with Gasteiger partial charge in [0.25, 0.3) is 0 Å². The van der Waals surface area contributed by atoms with Gasteiger partial charge in [0.05, 0.1) is 22.5 Å². The molecule has 1 aliphatic carbocycles. The van der Waals surface area contributed by atoms with Crippen LogP contribution in [0.1, 0.15) is 238 Å². The summed E-state index contributed by atoms with van der Waals surface area (Å²) in [5.74, 6) is -0.945. The van der Waals surface area contributed by atoms with Crippen LogP contribution in [0.25, 0.3) is 0 Å². The first-order chi connectivity index (χ1) is 26.5. The van der Waals surface area contributed by atoms with E-state index in [2.05, 4.69) is 24.5 Å². The van der Waals surface area contributed by atoms with Crippen LogP contribution in [-0.2, 0) is 9.59 Å². The largest absolute Gasteiger partial charge is 0.325 e. The van der Waals surface area contributed by atoms with Crippen molar-refractivity contribution in [1.82, 2.24) is 0 Å². The van der Waals surface area contributed by atoms with Crippen molar-refractivity contribution in [2.75, 3.05) is 10.6 Å². The summed E-state index contributed by atoms with van der Waals surface area (Å²) < 4.78 is 0. The van der Waals surface area contributed by atoms with Crippen LogP contribution in [0.4, 0.5) is 11.4 Å². The molecule has 0 unspecified atom stereocenters. The summed E-state index contributed by atoms with van der Waals surface area (Å²) in [5.41, 5.74) is 1.65. The Morgan fingerprint density at radius 1 is 0.389 bits per heavy atom. The summed E-state index contributed by atoms with van der Waals surface area (Å²) in [6.45, 7) is 4.52. The first-order valence-electron chi connectivity index (χ1n) is 22.4. The van der Waals surface area contributed by atoms with E-state index >= 15 is 0 Å². The van der Waals surface area contributed by atoms with Crippen LogP contribution in [-0.4, -0.2) is 23.4 Å². The van der Waals surface area contributed by atoms with Gasteiger partial charge in [-0.15, -0.1) is 0 Å². The zero-order chi connectivity index (χ0) is 38.6. The second kappa shape index (κ2) is 28.2. The summed E-state index contributed by atoms with van der Waals surface area (Å²) in [5, 5.41) is 5.87. The molecule has 0 spiro atoms. The second-order valence-electron chi connectivity index (χ2n) is 15.9. The third-order valence-electron chi connectivity index (χ3n) is 11.1. The summed E-state index contributed by atoms with van der Waals surface area (Å²) in [6.07, 6.45) is 35.8. The summed E-state index contributed by atoms with van der Waals surface area (Å²) in [6, 6.07) is 10.1. The molecule has 2 aromatic carbocycles. The lowest BCUT2D eigenvalue weighted by Gasteiger charge is -2.23. The molecule has 2 N–H and O–H groups in total. The zero-order valence-corrected chi connectivity index (χ0v) is 34.3. The molecule has 0 atom stereocenters. The maximum Gasteiger partial charge on any atom is 0.224 e. The van der Waals surface area contributed by atoms with Gasteiger partial charge in [0.2, 0.25) is 11.8 Å². The minimum Gasteiger partial charge on any atom is -0.325 e. The molecule has 0 bridgehead atoms. The Hall–Kier alpha value is -3.28. The average molecular weight is 743 g/mol. The maximum absolute atomic E-state index is 13.8. The van der Waals surface area contributed by atoms with Gasteiger partial charge in [-0.05, 0) is 25.0 Å². The van der Waals surface area contributed by atoms with Crippen molar-refractivity contribution in [2.24, 2.45) is 0 Å². The molecule has 0 saturated carbocycles. The first kappa shape index (κ1) is 45.1. The highest BCUT2D eigenvalue weighted by atomic mass is 16.2. The third kappa shape index (κ3) is 17.0. The molecule has 6 nitrogen and oxygen atoms in total. The van der Waals surface area contributed by atoms with Crippen molar-refractivity contribution >= 4 is 34.8 Å². The van der Waals surface area contributed by atoms with Gasteiger partial charge in [0.15, 0.2) is 11.6 Å². The molecular formula is C48H74N2O4. The molecule has 1 aliphatic rings. The average Bonchev–Trinajstić information content (AvgIpc) is 3.17. The molecule has 2 amide bonds. The van der Waals surface area contributed by atoms with E-state index in [0.717, 1.165) is 38.5 Å². The van der Waals surface area contributed by atoms with E-state index in [9.17, 15) is 19.2 Å². The predicted molar refractivity (Wildman–Crippen MR) is 227 cm³/mol. The monoisotopic (exact) mass is 743 g/mol. The van der Waals surface area contributed by atoms with E-state index < -0.39 is 0 Å². The van der Waals surface area contributed by atoms with Crippen LogP contribution < -0.4 is 10.6 Å². The zero-order valence-electron chi connectivity index (χ0n) is 34.3. The number of benzene rings is 2. The molecule has 0 radical (unpaired) electrons. The van der Waals surface area contributed by atoms with E-state index in [1.165, 1.54) is 141 Å². The number of anilines is 2. The van der Waals surface area contributed by atoms with Crippen molar-refractivity contribution < 1.29 is 19.2 Å². The van der Waals surface area contributed by atoms with Gasteiger partial charge < -0.3 is 10.6 Å². The van der Waals surface area contributed by atoms with Crippen LogP contribution in [0.3, 0.4) is 0 Å². The van der Waals surface area contributed by atoms with E-state index in [-0.39, 0.29) is 34.5 Å². The molecule has 0 heterocycles. The smallest absolute Gasteiger partial charge is 0.224 e. The third-order valence-corrected chi connectivity index (χ3v) is 11.1. The highest BCUT2D eigenvalue weighted by Crippen LogP contribution is 2.37. The van der Waals surface area contributed by atoms with Crippen molar-refractivity contribution in [3.63, 3.8) is 0 Å². The summed E-state index contributed by atoms with van der Waals surface area (Å²) in [7, 11) is 0. The fourth-order valence-corrected chi connectivity index (χ4v) is 7.82. The Balaban J connectivity index is 1.40. The van der Waals surface area contributed by atoms with Gasteiger partial charge in [-0.3, -0.25) is 19.2 Å². The Morgan fingerprint density at radius 2 is 0.648 bits per heavy atom. The maximum atomic E-state index is 13.8. The predicted octanol–water partition coefficient (Wildman–Crippen LogP) is 14.1. The highest BCUT2D eigenvalue weighted by molar-refractivity contribution is 6.32. The Kier molecular flexibility index (Phi) is 23.5. The van der Waals surface area contributed by atoms with Crippen molar-refractivity contribution in [3.05, 3.63) is 58.7 Å². The molecule has 54 heavy (non-hydrogen) atoms. The molecule has 0 aromatic heterocycles. The summed E-state index contributed by atoms with van der Waals surface area (Å²) >= 11 is 0. The number of hydrogen-bond acceptors (Lipinski definition) is 4. The molecule has 3 rings (SSSR count). The van der Waals surface area contributed by atoms with Crippen LogP contribution in [0, 0.1) is 0 Å². The minimum atomic E-state index is -0.310. The Labute approximate surface area is 328 Å². The number of rotatable bonds is 32. The molecule has 2 aromatic rings. The lowest BCUT2D eigenvalue weighted by Crippen LogP contribution is -2.26. The summed E-state index contributed by atoms with van der Waals surface area (Å²) in [4.78, 5) is 53.7. The van der Waals surface area contributed by atoms with Gasteiger partial charge in [-0.25, -0.2) is 0 Å². The van der Waals surface area contributed by atoms with E-state index in [1.54, 1.807) is 36.4 Å². The van der Waals surface area contributed by atoms with Crippen molar-refractivity contribution in [1.29, 1.82) is 0 Å². The molecule has 0 saturated heterocycles. The van der Waals surface area contributed by atoms with Crippen molar-refractivity contribution in [2.45, 2.75) is 206 Å². The van der Waals surface area contributed by atoms with E-state index in [0.29, 0.717) is 35.3 Å². The number of ketones is 2. The second-order valence-corrected chi connectivity index (χ2v) is 15.9. The topological polar surface area (TPSA) is 92.3 Å². The minimum absolute atomic E-state index is 0.162. The lowest BCUT2D eigenvalue weighted by atomic mass is 9.82. The number of nitrogens with one attached hydrogen (secondary N) is 2. The number of carbonyl (C=O) groups is 4. The first-order valence-corrected chi connectivity index (χ1v) is 22.4. The highest BCUT2D eigenvalue weighted by Gasteiger charge is 2.34.